The number of hydrogen-bond acceptors (Lipinski definition) is 1. The molecule has 1 N–H and O–H groups in total. The molecule has 1 rings (SSSR count). The SMILES string of the molecule is C=C[C@@H](CBr)C(O)c1ccccc1. The minimum Gasteiger partial charge on any atom is -0.388 e. The van der Waals surface area contributed by atoms with Crippen LogP contribution in [0.1, 0.15) is 11.7 Å². The Balaban J connectivity index is 2.77. The molecule has 0 spiro atoms. The Morgan fingerprint density at radius 2 is 2.00 bits per heavy atom. The summed E-state index contributed by atoms with van der Waals surface area (Å²) in [6.07, 6.45) is 1.31. The summed E-state index contributed by atoms with van der Waals surface area (Å²) >= 11 is 3.34. The molecular formula is C11H13BrO. The van der Waals surface area contributed by atoms with Gasteiger partial charge in [-0.1, -0.05) is 52.3 Å². The van der Waals surface area contributed by atoms with Crippen LogP contribution in [0.2, 0.25) is 0 Å². The lowest BCUT2D eigenvalue weighted by atomic mass is 9.98. The van der Waals surface area contributed by atoms with Gasteiger partial charge >= 0.3 is 0 Å². The summed E-state index contributed by atoms with van der Waals surface area (Å²) in [5, 5.41) is 10.6. The van der Waals surface area contributed by atoms with Crippen molar-refractivity contribution >= 4 is 15.9 Å². The zero-order valence-corrected chi connectivity index (χ0v) is 8.94. The van der Waals surface area contributed by atoms with Crippen LogP contribution < -0.4 is 0 Å². The Kier molecular flexibility index (Phi) is 4.19. The van der Waals surface area contributed by atoms with Gasteiger partial charge in [0.1, 0.15) is 0 Å². The number of benzene rings is 1. The standard InChI is InChI=1S/C11H13BrO/c1-2-9(8-12)11(13)10-6-4-3-5-7-10/h2-7,9,11,13H,1,8H2/t9-,11?/m0/s1. The molecule has 13 heavy (non-hydrogen) atoms. The summed E-state index contributed by atoms with van der Waals surface area (Å²) < 4.78 is 0. The molecule has 0 fully saturated rings. The van der Waals surface area contributed by atoms with Crippen LogP contribution in [0, 0.1) is 5.92 Å². The maximum atomic E-state index is 9.88. The van der Waals surface area contributed by atoms with Gasteiger partial charge in [0.05, 0.1) is 6.10 Å². The lowest BCUT2D eigenvalue weighted by Gasteiger charge is -2.17. The van der Waals surface area contributed by atoms with Gasteiger partial charge in [-0.15, -0.1) is 6.58 Å². The number of hydrogen-bond donors (Lipinski definition) is 1. The van der Waals surface area contributed by atoms with Crippen molar-refractivity contribution in [3.05, 3.63) is 48.6 Å². The van der Waals surface area contributed by atoms with Crippen LogP contribution in [-0.2, 0) is 0 Å². The summed E-state index contributed by atoms with van der Waals surface area (Å²) in [4.78, 5) is 0. The topological polar surface area (TPSA) is 20.2 Å². The van der Waals surface area contributed by atoms with Gasteiger partial charge in [-0.05, 0) is 5.56 Å². The molecule has 0 aliphatic heterocycles. The van der Waals surface area contributed by atoms with Crippen molar-refractivity contribution in [1.29, 1.82) is 0 Å². The van der Waals surface area contributed by atoms with Crippen LogP contribution in [-0.4, -0.2) is 10.4 Å². The molecule has 0 bridgehead atoms. The molecule has 2 atom stereocenters. The van der Waals surface area contributed by atoms with E-state index in [4.69, 9.17) is 0 Å². The Bertz CT molecular complexity index is 258. The second-order valence-corrected chi connectivity index (χ2v) is 3.56. The molecule has 2 heteroatoms. The summed E-state index contributed by atoms with van der Waals surface area (Å²) in [5.74, 6) is 0.0717. The van der Waals surface area contributed by atoms with E-state index in [9.17, 15) is 5.11 Å². The number of alkyl halides is 1. The van der Waals surface area contributed by atoms with Crippen molar-refractivity contribution in [2.45, 2.75) is 6.10 Å². The Hall–Kier alpha value is -0.600. The molecule has 0 saturated carbocycles. The highest BCUT2D eigenvalue weighted by Crippen LogP contribution is 2.23. The van der Waals surface area contributed by atoms with E-state index in [0.29, 0.717) is 0 Å². The first kappa shape index (κ1) is 10.5. The number of rotatable bonds is 4. The maximum Gasteiger partial charge on any atom is 0.0860 e. The fourth-order valence-electron chi connectivity index (χ4n) is 1.17. The minimum atomic E-state index is -0.460. The predicted octanol–water partition coefficient (Wildman–Crippen LogP) is 2.92. The molecule has 0 amide bonds. The van der Waals surface area contributed by atoms with Gasteiger partial charge in [-0.25, -0.2) is 0 Å². The Morgan fingerprint density at radius 3 is 2.46 bits per heavy atom. The molecule has 0 aliphatic rings. The first-order valence-electron chi connectivity index (χ1n) is 4.21. The summed E-state index contributed by atoms with van der Waals surface area (Å²) in [7, 11) is 0. The normalized spacial score (nSPS) is 14.9. The molecule has 0 saturated heterocycles. The first-order valence-corrected chi connectivity index (χ1v) is 5.33. The van der Waals surface area contributed by atoms with Crippen molar-refractivity contribution in [3.8, 4) is 0 Å². The van der Waals surface area contributed by atoms with E-state index < -0.39 is 6.10 Å². The van der Waals surface area contributed by atoms with Crippen LogP contribution in [0.4, 0.5) is 0 Å². The fraction of sp³-hybridized carbons (Fsp3) is 0.273. The van der Waals surface area contributed by atoms with Crippen LogP contribution in [0.5, 0.6) is 0 Å². The van der Waals surface area contributed by atoms with Crippen molar-refractivity contribution in [3.63, 3.8) is 0 Å². The molecule has 1 aromatic carbocycles. The van der Waals surface area contributed by atoms with Crippen LogP contribution in [0.25, 0.3) is 0 Å². The summed E-state index contributed by atoms with van der Waals surface area (Å²) in [6, 6.07) is 9.63. The quantitative estimate of drug-likeness (QED) is 0.634. The van der Waals surface area contributed by atoms with E-state index >= 15 is 0 Å². The fourth-order valence-corrected chi connectivity index (χ4v) is 1.79. The molecule has 70 valence electrons. The van der Waals surface area contributed by atoms with Crippen LogP contribution in [0.15, 0.2) is 43.0 Å². The zero-order valence-electron chi connectivity index (χ0n) is 7.36. The van der Waals surface area contributed by atoms with Crippen LogP contribution >= 0.6 is 15.9 Å². The highest BCUT2D eigenvalue weighted by atomic mass is 79.9. The van der Waals surface area contributed by atoms with Crippen molar-refractivity contribution < 1.29 is 5.11 Å². The molecule has 0 heterocycles. The molecule has 1 nitrogen and oxygen atoms in total. The van der Waals surface area contributed by atoms with E-state index in [1.54, 1.807) is 6.08 Å². The lowest BCUT2D eigenvalue weighted by molar-refractivity contribution is 0.142. The average molecular weight is 241 g/mol. The van der Waals surface area contributed by atoms with Gasteiger partial charge in [-0.2, -0.15) is 0 Å². The summed E-state index contributed by atoms with van der Waals surface area (Å²) in [6.45, 7) is 3.69. The van der Waals surface area contributed by atoms with Gasteiger partial charge in [0, 0.05) is 11.2 Å². The number of aliphatic hydroxyl groups excluding tert-OH is 1. The van der Waals surface area contributed by atoms with Crippen molar-refractivity contribution in [2.24, 2.45) is 5.92 Å². The average Bonchev–Trinajstić information content (AvgIpc) is 2.21. The van der Waals surface area contributed by atoms with E-state index in [2.05, 4.69) is 22.5 Å². The van der Waals surface area contributed by atoms with E-state index in [1.165, 1.54) is 0 Å². The second-order valence-electron chi connectivity index (χ2n) is 2.91. The second kappa shape index (κ2) is 5.20. The Labute approximate surface area is 87.2 Å². The molecule has 1 unspecified atom stereocenters. The number of halogens is 1. The highest BCUT2D eigenvalue weighted by Gasteiger charge is 2.15. The maximum absolute atomic E-state index is 9.88. The third-order valence-electron chi connectivity index (χ3n) is 2.03. The van der Waals surface area contributed by atoms with Crippen LogP contribution in [0.3, 0.4) is 0 Å². The summed E-state index contributed by atoms with van der Waals surface area (Å²) in [5.41, 5.74) is 0.937. The third kappa shape index (κ3) is 2.68. The molecule has 1 aromatic rings. The van der Waals surface area contributed by atoms with Gasteiger partial charge in [0.15, 0.2) is 0 Å². The molecule has 0 radical (unpaired) electrons. The Morgan fingerprint density at radius 1 is 1.38 bits per heavy atom. The van der Waals surface area contributed by atoms with Gasteiger partial charge in [-0.3, -0.25) is 0 Å². The van der Waals surface area contributed by atoms with E-state index in [-0.39, 0.29) is 5.92 Å². The molecule has 0 aromatic heterocycles. The number of aliphatic hydroxyl groups is 1. The predicted molar refractivity (Wildman–Crippen MR) is 58.9 cm³/mol. The smallest absolute Gasteiger partial charge is 0.0860 e. The minimum absolute atomic E-state index is 0.0717. The van der Waals surface area contributed by atoms with Gasteiger partial charge in [0.2, 0.25) is 0 Å². The zero-order chi connectivity index (χ0) is 9.68. The molecular weight excluding hydrogens is 228 g/mol. The monoisotopic (exact) mass is 240 g/mol. The van der Waals surface area contributed by atoms with Crippen molar-refractivity contribution in [2.75, 3.05) is 5.33 Å². The molecule has 0 aliphatic carbocycles. The largest absolute Gasteiger partial charge is 0.388 e. The highest BCUT2D eigenvalue weighted by molar-refractivity contribution is 9.09. The third-order valence-corrected chi connectivity index (χ3v) is 2.78. The first-order chi connectivity index (χ1) is 6.29. The van der Waals surface area contributed by atoms with Gasteiger partial charge in [0.25, 0.3) is 0 Å². The lowest BCUT2D eigenvalue weighted by Crippen LogP contribution is -2.11. The van der Waals surface area contributed by atoms with Gasteiger partial charge < -0.3 is 5.11 Å². The van der Waals surface area contributed by atoms with E-state index in [0.717, 1.165) is 10.9 Å². The van der Waals surface area contributed by atoms with Crippen molar-refractivity contribution in [1.82, 2.24) is 0 Å². The van der Waals surface area contributed by atoms with E-state index in [1.807, 2.05) is 30.3 Å².